The van der Waals surface area contributed by atoms with E-state index in [-0.39, 0.29) is 0 Å². The summed E-state index contributed by atoms with van der Waals surface area (Å²) in [5.74, 6) is 1.11. The lowest BCUT2D eigenvalue weighted by molar-refractivity contribution is 0.448. The molecule has 5 heteroatoms. The van der Waals surface area contributed by atoms with Crippen molar-refractivity contribution < 1.29 is 0 Å². The minimum atomic E-state index is 0.607. The summed E-state index contributed by atoms with van der Waals surface area (Å²) in [5, 5.41) is 1.14. The molecule has 0 radical (unpaired) electrons. The van der Waals surface area contributed by atoms with E-state index in [2.05, 4.69) is 32.8 Å². The van der Waals surface area contributed by atoms with Crippen LogP contribution in [0.4, 0.5) is 5.82 Å². The fraction of sp³-hybridized carbons (Fsp3) is 0.438. The predicted molar refractivity (Wildman–Crippen MR) is 88.0 cm³/mol. The second kappa shape index (κ2) is 5.22. The van der Waals surface area contributed by atoms with E-state index in [0.29, 0.717) is 6.04 Å². The first kappa shape index (κ1) is 13.0. The van der Waals surface area contributed by atoms with Gasteiger partial charge in [0.15, 0.2) is 0 Å². The molecule has 1 aliphatic heterocycles. The second-order valence-electron chi connectivity index (χ2n) is 5.58. The van der Waals surface area contributed by atoms with Gasteiger partial charge in [0, 0.05) is 24.2 Å². The van der Waals surface area contributed by atoms with Crippen molar-refractivity contribution in [3.8, 4) is 0 Å². The SMILES string of the molecule is CCC1CCCCN1c1ncnc2c1sc1ncccc12. The van der Waals surface area contributed by atoms with Crippen LogP contribution < -0.4 is 4.90 Å². The van der Waals surface area contributed by atoms with E-state index in [0.717, 1.165) is 28.1 Å². The molecule has 0 aliphatic carbocycles. The molecule has 108 valence electrons. The number of thiophene rings is 1. The van der Waals surface area contributed by atoms with Gasteiger partial charge in [-0.2, -0.15) is 0 Å². The molecule has 1 unspecified atom stereocenters. The Kier molecular flexibility index (Phi) is 3.22. The van der Waals surface area contributed by atoms with Crippen molar-refractivity contribution in [1.82, 2.24) is 15.0 Å². The third-order valence-corrected chi connectivity index (χ3v) is 5.48. The molecule has 0 amide bonds. The molecule has 4 rings (SSSR count). The first-order valence-corrected chi connectivity index (χ1v) is 8.45. The number of aromatic nitrogens is 3. The van der Waals surface area contributed by atoms with E-state index in [4.69, 9.17) is 0 Å². The largest absolute Gasteiger partial charge is 0.352 e. The van der Waals surface area contributed by atoms with Gasteiger partial charge in [-0.25, -0.2) is 15.0 Å². The Bertz CT molecular complexity index is 782. The summed E-state index contributed by atoms with van der Waals surface area (Å²) in [6, 6.07) is 4.69. The van der Waals surface area contributed by atoms with Gasteiger partial charge in [-0.15, -0.1) is 11.3 Å². The molecule has 3 aromatic heterocycles. The van der Waals surface area contributed by atoms with Crippen molar-refractivity contribution in [2.75, 3.05) is 11.4 Å². The molecule has 4 heterocycles. The smallest absolute Gasteiger partial charge is 0.150 e. The Morgan fingerprint density at radius 1 is 1.29 bits per heavy atom. The van der Waals surface area contributed by atoms with Gasteiger partial charge in [0.05, 0.1) is 10.2 Å². The molecule has 3 aromatic rings. The maximum atomic E-state index is 4.62. The first-order valence-electron chi connectivity index (χ1n) is 7.63. The Balaban J connectivity index is 1.92. The van der Waals surface area contributed by atoms with Crippen LogP contribution >= 0.6 is 11.3 Å². The highest BCUT2D eigenvalue weighted by Crippen LogP contribution is 2.38. The lowest BCUT2D eigenvalue weighted by Gasteiger charge is -2.36. The van der Waals surface area contributed by atoms with Crippen LogP contribution in [0, 0.1) is 0 Å². The molecule has 0 aromatic carbocycles. The third-order valence-electron chi connectivity index (χ3n) is 4.38. The van der Waals surface area contributed by atoms with Gasteiger partial charge >= 0.3 is 0 Å². The molecule has 1 aliphatic rings. The number of nitrogens with zero attached hydrogens (tertiary/aromatic N) is 4. The van der Waals surface area contributed by atoms with E-state index < -0.39 is 0 Å². The lowest BCUT2D eigenvalue weighted by Crippen LogP contribution is -2.39. The van der Waals surface area contributed by atoms with Gasteiger partial charge in [0.1, 0.15) is 17.0 Å². The Hall–Kier alpha value is -1.75. The molecule has 0 spiro atoms. The van der Waals surface area contributed by atoms with Crippen LogP contribution in [0.15, 0.2) is 24.7 Å². The van der Waals surface area contributed by atoms with Crippen molar-refractivity contribution >= 4 is 37.6 Å². The normalized spacial score (nSPS) is 19.5. The molecular formula is C16H18N4S. The summed E-state index contributed by atoms with van der Waals surface area (Å²) in [5.41, 5.74) is 1.05. The van der Waals surface area contributed by atoms with Crippen molar-refractivity contribution in [1.29, 1.82) is 0 Å². The summed E-state index contributed by atoms with van der Waals surface area (Å²) in [6.07, 6.45) is 8.58. The van der Waals surface area contributed by atoms with Crippen LogP contribution in [0.2, 0.25) is 0 Å². The number of fused-ring (bicyclic) bond motifs is 3. The number of pyridine rings is 1. The Labute approximate surface area is 127 Å². The summed E-state index contributed by atoms with van der Waals surface area (Å²) in [6.45, 7) is 3.38. The molecule has 4 nitrogen and oxygen atoms in total. The topological polar surface area (TPSA) is 41.9 Å². The summed E-state index contributed by atoms with van der Waals surface area (Å²) < 4.78 is 1.19. The second-order valence-corrected chi connectivity index (χ2v) is 6.58. The Morgan fingerprint density at radius 2 is 2.24 bits per heavy atom. The number of anilines is 1. The van der Waals surface area contributed by atoms with Crippen LogP contribution in [0.5, 0.6) is 0 Å². The molecule has 1 atom stereocenters. The van der Waals surface area contributed by atoms with Crippen LogP contribution in [0.25, 0.3) is 20.4 Å². The van der Waals surface area contributed by atoms with Crippen molar-refractivity contribution in [3.05, 3.63) is 24.7 Å². The minimum Gasteiger partial charge on any atom is -0.352 e. The van der Waals surface area contributed by atoms with E-state index in [1.807, 2.05) is 12.3 Å². The van der Waals surface area contributed by atoms with Gasteiger partial charge < -0.3 is 4.90 Å². The van der Waals surface area contributed by atoms with E-state index in [1.165, 1.54) is 30.4 Å². The van der Waals surface area contributed by atoms with Crippen molar-refractivity contribution in [3.63, 3.8) is 0 Å². The molecule has 1 fully saturated rings. The van der Waals surface area contributed by atoms with Gasteiger partial charge in [-0.3, -0.25) is 0 Å². The average Bonchev–Trinajstić information content (AvgIpc) is 2.93. The quantitative estimate of drug-likeness (QED) is 0.717. The molecule has 0 bridgehead atoms. The maximum absolute atomic E-state index is 4.62. The standard InChI is InChI=1S/C16H18N4S/c1-2-11-6-3-4-9-20(11)15-14-13(18-10-19-15)12-7-5-8-17-16(12)21-14/h5,7-8,10-11H,2-4,6,9H2,1H3. The van der Waals surface area contributed by atoms with Crippen molar-refractivity contribution in [2.45, 2.75) is 38.6 Å². The van der Waals surface area contributed by atoms with Crippen LogP contribution in [-0.2, 0) is 0 Å². The summed E-state index contributed by atoms with van der Waals surface area (Å²) in [7, 11) is 0. The zero-order chi connectivity index (χ0) is 14.2. The fourth-order valence-electron chi connectivity index (χ4n) is 3.31. The highest BCUT2D eigenvalue weighted by atomic mass is 32.1. The van der Waals surface area contributed by atoms with E-state index in [1.54, 1.807) is 17.7 Å². The van der Waals surface area contributed by atoms with E-state index in [9.17, 15) is 0 Å². The molecular weight excluding hydrogens is 280 g/mol. The van der Waals surface area contributed by atoms with Crippen LogP contribution in [0.1, 0.15) is 32.6 Å². The monoisotopic (exact) mass is 298 g/mol. The summed E-state index contributed by atoms with van der Waals surface area (Å²) >= 11 is 1.72. The first-order chi connectivity index (χ1) is 10.4. The lowest BCUT2D eigenvalue weighted by atomic mass is 10.00. The molecule has 21 heavy (non-hydrogen) atoms. The predicted octanol–water partition coefficient (Wildman–Crippen LogP) is 4.01. The highest BCUT2D eigenvalue weighted by Gasteiger charge is 2.25. The number of rotatable bonds is 2. The van der Waals surface area contributed by atoms with Gasteiger partial charge in [-0.1, -0.05) is 6.92 Å². The van der Waals surface area contributed by atoms with E-state index >= 15 is 0 Å². The minimum absolute atomic E-state index is 0.607. The molecule has 1 saturated heterocycles. The number of hydrogen-bond donors (Lipinski definition) is 0. The van der Waals surface area contributed by atoms with Gasteiger partial charge in [0.2, 0.25) is 0 Å². The molecule has 0 saturated carbocycles. The zero-order valence-electron chi connectivity index (χ0n) is 12.1. The third kappa shape index (κ3) is 2.07. The maximum Gasteiger partial charge on any atom is 0.150 e. The summed E-state index contributed by atoms with van der Waals surface area (Å²) in [4.78, 5) is 17.1. The number of hydrogen-bond acceptors (Lipinski definition) is 5. The fourth-order valence-corrected chi connectivity index (χ4v) is 4.41. The average molecular weight is 298 g/mol. The Morgan fingerprint density at radius 3 is 3.14 bits per heavy atom. The highest BCUT2D eigenvalue weighted by molar-refractivity contribution is 7.25. The zero-order valence-corrected chi connectivity index (χ0v) is 12.9. The molecule has 0 N–H and O–H groups in total. The van der Waals surface area contributed by atoms with Gasteiger partial charge in [-0.05, 0) is 37.8 Å². The van der Waals surface area contributed by atoms with Crippen molar-refractivity contribution in [2.24, 2.45) is 0 Å². The van der Waals surface area contributed by atoms with Gasteiger partial charge in [0.25, 0.3) is 0 Å². The number of piperidine rings is 1. The van der Waals surface area contributed by atoms with Crippen LogP contribution in [0.3, 0.4) is 0 Å². The van der Waals surface area contributed by atoms with Crippen LogP contribution in [-0.4, -0.2) is 27.5 Å².